The van der Waals surface area contributed by atoms with Crippen LogP contribution in [0.2, 0.25) is 0 Å². The van der Waals surface area contributed by atoms with Gasteiger partial charge in [0.1, 0.15) is 5.82 Å². The van der Waals surface area contributed by atoms with Crippen LogP contribution < -0.4 is 5.32 Å². The standard InChI is InChI=1S/C14H16BrF4N/c15-12-7-9(1-6-13(12)16)8-20-11-4-2-10(3-5-11)14(17,18)19/h1,6-7,10-11,20H,2-5,8H2. The molecule has 0 heterocycles. The molecule has 112 valence electrons. The molecule has 0 spiro atoms. The molecule has 20 heavy (non-hydrogen) atoms. The number of benzene rings is 1. The van der Waals surface area contributed by atoms with Gasteiger partial charge in [-0.3, -0.25) is 0 Å². The highest BCUT2D eigenvalue weighted by Gasteiger charge is 2.41. The van der Waals surface area contributed by atoms with Crippen LogP contribution in [-0.4, -0.2) is 12.2 Å². The highest BCUT2D eigenvalue weighted by Crippen LogP contribution is 2.37. The van der Waals surface area contributed by atoms with Crippen molar-refractivity contribution in [3.63, 3.8) is 0 Å². The number of hydrogen-bond donors (Lipinski definition) is 1. The smallest absolute Gasteiger partial charge is 0.310 e. The highest BCUT2D eigenvalue weighted by molar-refractivity contribution is 9.10. The molecule has 1 nitrogen and oxygen atoms in total. The van der Waals surface area contributed by atoms with Crippen LogP contribution in [-0.2, 0) is 6.54 Å². The zero-order valence-corrected chi connectivity index (χ0v) is 12.4. The molecule has 0 aromatic heterocycles. The molecule has 0 radical (unpaired) electrons. The summed E-state index contributed by atoms with van der Waals surface area (Å²) < 4.78 is 51.1. The molecule has 1 aromatic carbocycles. The maximum absolute atomic E-state index is 13.1. The Bertz CT molecular complexity index is 453. The van der Waals surface area contributed by atoms with Crippen molar-refractivity contribution in [3.05, 3.63) is 34.1 Å². The van der Waals surface area contributed by atoms with Crippen LogP contribution in [0, 0.1) is 11.7 Å². The van der Waals surface area contributed by atoms with Crippen molar-refractivity contribution < 1.29 is 17.6 Å². The normalized spacial score (nSPS) is 23.9. The maximum atomic E-state index is 13.1. The van der Waals surface area contributed by atoms with Gasteiger partial charge in [-0.25, -0.2) is 4.39 Å². The first-order chi connectivity index (χ1) is 9.36. The van der Waals surface area contributed by atoms with Gasteiger partial charge in [0, 0.05) is 12.6 Å². The quantitative estimate of drug-likeness (QED) is 0.769. The van der Waals surface area contributed by atoms with Crippen LogP contribution in [0.3, 0.4) is 0 Å². The number of halogens is 5. The first-order valence-corrected chi connectivity index (χ1v) is 7.39. The van der Waals surface area contributed by atoms with Gasteiger partial charge in [-0.2, -0.15) is 13.2 Å². The van der Waals surface area contributed by atoms with Crippen LogP contribution in [0.25, 0.3) is 0 Å². The number of hydrogen-bond acceptors (Lipinski definition) is 1. The number of rotatable bonds is 3. The van der Waals surface area contributed by atoms with Crippen LogP contribution in [0.15, 0.2) is 22.7 Å². The molecule has 1 N–H and O–H groups in total. The molecule has 2 rings (SSSR count). The molecule has 1 aliphatic carbocycles. The summed E-state index contributed by atoms with van der Waals surface area (Å²) in [7, 11) is 0. The second-order valence-electron chi connectivity index (χ2n) is 5.22. The Labute approximate surface area is 123 Å². The second kappa shape index (κ2) is 6.43. The summed E-state index contributed by atoms with van der Waals surface area (Å²) in [5.41, 5.74) is 0.913. The molecule has 0 bridgehead atoms. The lowest BCUT2D eigenvalue weighted by molar-refractivity contribution is -0.182. The maximum Gasteiger partial charge on any atom is 0.391 e. The predicted octanol–water partition coefficient (Wildman–Crippen LogP) is 4.80. The number of nitrogens with one attached hydrogen (secondary N) is 1. The predicted molar refractivity (Wildman–Crippen MR) is 72.7 cm³/mol. The Morgan fingerprint density at radius 1 is 1.15 bits per heavy atom. The Morgan fingerprint density at radius 3 is 2.35 bits per heavy atom. The van der Waals surface area contributed by atoms with Crippen molar-refractivity contribution >= 4 is 15.9 Å². The topological polar surface area (TPSA) is 12.0 Å². The van der Waals surface area contributed by atoms with Gasteiger partial charge in [-0.1, -0.05) is 6.07 Å². The summed E-state index contributed by atoms with van der Waals surface area (Å²) in [4.78, 5) is 0. The van der Waals surface area contributed by atoms with Gasteiger partial charge in [0.15, 0.2) is 0 Å². The monoisotopic (exact) mass is 353 g/mol. The van der Waals surface area contributed by atoms with E-state index >= 15 is 0 Å². The molecule has 1 aliphatic rings. The summed E-state index contributed by atoms with van der Waals surface area (Å²) in [6.45, 7) is 0.542. The van der Waals surface area contributed by atoms with Crippen molar-refractivity contribution in [2.24, 2.45) is 5.92 Å². The van der Waals surface area contributed by atoms with Gasteiger partial charge in [0.2, 0.25) is 0 Å². The third-order valence-corrected chi connectivity index (χ3v) is 4.38. The molecule has 1 saturated carbocycles. The third kappa shape index (κ3) is 4.19. The zero-order chi connectivity index (χ0) is 14.8. The van der Waals surface area contributed by atoms with E-state index in [4.69, 9.17) is 0 Å². The Hall–Kier alpha value is -0.620. The summed E-state index contributed by atoms with van der Waals surface area (Å²) >= 11 is 3.11. The molecular weight excluding hydrogens is 338 g/mol. The van der Waals surface area contributed by atoms with Gasteiger partial charge in [0.25, 0.3) is 0 Å². The average Bonchev–Trinajstić information content (AvgIpc) is 2.40. The minimum atomic E-state index is -4.06. The van der Waals surface area contributed by atoms with Crippen molar-refractivity contribution in [3.8, 4) is 0 Å². The van der Waals surface area contributed by atoms with E-state index in [1.165, 1.54) is 6.07 Å². The molecule has 0 atom stereocenters. The fourth-order valence-corrected chi connectivity index (χ4v) is 2.96. The van der Waals surface area contributed by atoms with Gasteiger partial charge in [-0.15, -0.1) is 0 Å². The molecule has 0 amide bonds. The van der Waals surface area contributed by atoms with Gasteiger partial charge < -0.3 is 5.32 Å². The van der Waals surface area contributed by atoms with E-state index in [1.807, 2.05) is 0 Å². The van der Waals surface area contributed by atoms with Gasteiger partial charge in [0.05, 0.1) is 10.4 Å². The fourth-order valence-electron chi connectivity index (χ4n) is 2.54. The fraction of sp³-hybridized carbons (Fsp3) is 0.571. The molecular formula is C14H16BrF4N. The molecule has 1 fully saturated rings. The van der Waals surface area contributed by atoms with E-state index < -0.39 is 12.1 Å². The van der Waals surface area contributed by atoms with Crippen LogP contribution in [0.1, 0.15) is 31.2 Å². The molecule has 0 aliphatic heterocycles. The molecule has 0 saturated heterocycles. The molecule has 0 unspecified atom stereocenters. The Balaban J connectivity index is 1.80. The van der Waals surface area contributed by atoms with E-state index in [0.717, 1.165) is 5.56 Å². The molecule has 6 heteroatoms. The minimum Gasteiger partial charge on any atom is -0.310 e. The van der Waals surface area contributed by atoms with Crippen LogP contribution >= 0.6 is 15.9 Å². The van der Waals surface area contributed by atoms with Gasteiger partial charge >= 0.3 is 6.18 Å². The lowest BCUT2D eigenvalue weighted by Crippen LogP contribution is -2.36. The van der Waals surface area contributed by atoms with Crippen molar-refractivity contribution in [2.75, 3.05) is 0 Å². The summed E-state index contributed by atoms with van der Waals surface area (Å²) in [5, 5.41) is 3.25. The third-order valence-electron chi connectivity index (χ3n) is 3.77. The lowest BCUT2D eigenvalue weighted by atomic mass is 9.85. The summed E-state index contributed by atoms with van der Waals surface area (Å²) in [5.74, 6) is -1.47. The first-order valence-electron chi connectivity index (χ1n) is 6.60. The Kier molecular flexibility index (Phi) is 5.07. The van der Waals surface area contributed by atoms with Crippen LogP contribution in [0.5, 0.6) is 0 Å². The van der Waals surface area contributed by atoms with Gasteiger partial charge in [-0.05, 0) is 59.3 Å². The van der Waals surface area contributed by atoms with Crippen molar-refractivity contribution in [1.29, 1.82) is 0 Å². The number of alkyl halides is 3. The molecule has 1 aromatic rings. The van der Waals surface area contributed by atoms with Crippen LogP contribution in [0.4, 0.5) is 17.6 Å². The van der Waals surface area contributed by atoms with E-state index in [-0.39, 0.29) is 24.7 Å². The summed E-state index contributed by atoms with van der Waals surface area (Å²) in [6.07, 6.45) is -2.62. The largest absolute Gasteiger partial charge is 0.391 e. The lowest BCUT2D eigenvalue weighted by Gasteiger charge is -2.30. The minimum absolute atomic E-state index is 0.109. The van der Waals surface area contributed by atoms with E-state index in [9.17, 15) is 17.6 Å². The van der Waals surface area contributed by atoms with E-state index in [0.29, 0.717) is 23.9 Å². The Morgan fingerprint density at radius 2 is 1.80 bits per heavy atom. The zero-order valence-electron chi connectivity index (χ0n) is 10.8. The SMILES string of the molecule is Fc1ccc(CNC2CCC(C(F)(F)F)CC2)cc1Br. The first kappa shape index (κ1) is 15.8. The van der Waals surface area contributed by atoms with Crippen molar-refractivity contribution in [1.82, 2.24) is 5.32 Å². The average molecular weight is 354 g/mol. The van der Waals surface area contributed by atoms with E-state index in [2.05, 4.69) is 21.2 Å². The van der Waals surface area contributed by atoms with Crippen molar-refractivity contribution in [2.45, 2.75) is 44.4 Å². The summed E-state index contributed by atoms with van der Waals surface area (Å²) in [6, 6.07) is 4.84. The highest BCUT2D eigenvalue weighted by atomic mass is 79.9. The second-order valence-corrected chi connectivity index (χ2v) is 6.07. The van der Waals surface area contributed by atoms with E-state index in [1.54, 1.807) is 12.1 Å².